The normalized spacial score (nSPS) is 15.3. The van der Waals surface area contributed by atoms with Crippen LogP contribution in [0.25, 0.3) is 16.9 Å². The first-order chi connectivity index (χ1) is 15.2. The Morgan fingerprint density at radius 1 is 1.16 bits per heavy atom. The number of hydrogen-bond acceptors (Lipinski definition) is 7. The van der Waals surface area contributed by atoms with Crippen molar-refractivity contribution in [2.24, 2.45) is 5.73 Å². The number of aromatic nitrogens is 6. The Morgan fingerprint density at radius 2 is 1.94 bits per heavy atom. The highest BCUT2D eigenvalue weighted by Gasteiger charge is 2.37. The van der Waals surface area contributed by atoms with Gasteiger partial charge in [0.2, 0.25) is 11.8 Å². The zero-order valence-electron chi connectivity index (χ0n) is 16.7. The number of rotatable bonds is 4. The van der Waals surface area contributed by atoms with Gasteiger partial charge in [-0.3, -0.25) is 0 Å². The van der Waals surface area contributed by atoms with Gasteiger partial charge in [-0.25, -0.2) is 19.6 Å². The molecule has 1 aliphatic rings. The molecule has 1 aromatic carbocycles. The first-order valence-electron chi connectivity index (χ1n) is 9.73. The summed E-state index contributed by atoms with van der Waals surface area (Å²) in [5.74, 6) is 0.187. The number of aryl methyl sites for hydroxylation is 1. The number of imidazole rings is 1. The van der Waals surface area contributed by atoms with Crippen LogP contribution in [-0.4, -0.2) is 29.3 Å². The van der Waals surface area contributed by atoms with Crippen LogP contribution in [0.2, 0.25) is 0 Å². The van der Waals surface area contributed by atoms with Crippen LogP contribution in [0.1, 0.15) is 24.0 Å². The quantitative estimate of drug-likeness (QED) is 0.549. The van der Waals surface area contributed by atoms with Crippen LogP contribution in [0.4, 0.5) is 0 Å². The molecule has 0 radical (unpaired) electrons. The average molecular weight is 410 g/mol. The van der Waals surface area contributed by atoms with Crippen LogP contribution in [0, 0.1) is 11.3 Å². The van der Waals surface area contributed by atoms with Gasteiger partial charge in [0.25, 0.3) is 0 Å². The molecule has 5 rings (SSSR count). The molecule has 1 unspecified atom stereocenters. The molecule has 0 aliphatic carbocycles. The number of nitrogens with zero attached hydrogens (tertiary/aromatic N) is 7. The molecule has 9 heteroatoms. The van der Waals surface area contributed by atoms with Crippen molar-refractivity contribution in [1.29, 1.82) is 5.26 Å². The van der Waals surface area contributed by atoms with Crippen LogP contribution < -0.4 is 10.5 Å². The van der Waals surface area contributed by atoms with E-state index in [9.17, 15) is 5.26 Å². The molecule has 0 amide bonds. The van der Waals surface area contributed by atoms with Gasteiger partial charge >= 0.3 is 0 Å². The summed E-state index contributed by atoms with van der Waals surface area (Å²) in [5, 5.41) is 14.6. The molecule has 3 aromatic heterocycles. The summed E-state index contributed by atoms with van der Waals surface area (Å²) in [6, 6.07) is 10.2. The van der Waals surface area contributed by atoms with Crippen molar-refractivity contribution in [2.75, 3.05) is 0 Å². The van der Waals surface area contributed by atoms with Crippen LogP contribution in [0.15, 0.2) is 73.2 Å². The van der Waals surface area contributed by atoms with E-state index in [1.807, 2.05) is 42.0 Å². The Morgan fingerprint density at radius 3 is 2.58 bits per heavy atom. The first-order valence-corrected chi connectivity index (χ1v) is 9.73. The summed E-state index contributed by atoms with van der Waals surface area (Å²) in [6.07, 6.45) is 10.2. The number of ether oxygens (including phenoxy) is 1. The molecule has 1 aliphatic heterocycles. The third kappa shape index (κ3) is 3.02. The van der Waals surface area contributed by atoms with Gasteiger partial charge in [0.1, 0.15) is 23.7 Å². The molecule has 4 aromatic rings. The molecule has 0 bridgehead atoms. The second kappa shape index (κ2) is 7.42. The Labute approximate surface area is 178 Å². The van der Waals surface area contributed by atoms with E-state index in [0.29, 0.717) is 23.7 Å². The van der Waals surface area contributed by atoms with Crippen molar-refractivity contribution in [3.63, 3.8) is 0 Å². The Balaban J connectivity index is 1.70. The average Bonchev–Trinajstić information content (AvgIpc) is 3.47. The van der Waals surface area contributed by atoms with Crippen LogP contribution >= 0.6 is 0 Å². The summed E-state index contributed by atoms with van der Waals surface area (Å²) < 4.78 is 9.53. The maximum Gasteiger partial charge on any atom is 0.224 e. The molecule has 0 saturated carbocycles. The molecular formula is C22H18N8O. The number of benzene rings is 1. The van der Waals surface area contributed by atoms with Crippen LogP contribution in [0.5, 0.6) is 5.88 Å². The molecule has 0 saturated heterocycles. The van der Waals surface area contributed by atoms with E-state index in [4.69, 9.17) is 15.6 Å². The number of nitriles is 1. The third-order valence-corrected chi connectivity index (χ3v) is 5.27. The molecule has 1 atom stereocenters. The van der Waals surface area contributed by atoms with E-state index in [2.05, 4.69) is 21.0 Å². The van der Waals surface area contributed by atoms with Crippen molar-refractivity contribution >= 4 is 0 Å². The van der Waals surface area contributed by atoms with Crippen molar-refractivity contribution < 1.29 is 4.74 Å². The van der Waals surface area contributed by atoms with Gasteiger partial charge in [-0.2, -0.15) is 10.4 Å². The van der Waals surface area contributed by atoms with Gasteiger partial charge in [-0.15, -0.1) is 0 Å². The van der Waals surface area contributed by atoms with E-state index in [-0.39, 0.29) is 5.88 Å². The summed E-state index contributed by atoms with van der Waals surface area (Å²) in [4.78, 5) is 12.3. The van der Waals surface area contributed by atoms with E-state index in [1.165, 1.54) is 6.33 Å². The van der Waals surface area contributed by atoms with Crippen molar-refractivity contribution in [1.82, 2.24) is 29.3 Å². The fourth-order valence-corrected chi connectivity index (χ4v) is 3.83. The molecule has 31 heavy (non-hydrogen) atoms. The van der Waals surface area contributed by atoms with Crippen LogP contribution in [0.3, 0.4) is 0 Å². The van der Waals surface area contributed by atoms with E-state index in [0.717, 1.165) is 22.4 Å². The standard InChI is InChI=1S/C22H18N8O/c1-2-30-22-19(20(28-30)15-10-26-12-27-11-15)18(17(9-23)21(24)31-22)14-3-5-16(6-4-14)29-8-7-25-13-29/h3-8,10-13,18H,2,24H2,1H3. The van der Waals surface area contributed by atoms with Gasteiger partial charge in [0.05, 0.1) is 17.8 Å². The Hall–Kier alpha value is -4.45. The molecule has 9 nitrogen and oxygen atoms in total. The molecule has 2 N–H and O–H groups in total. The van der Waals surface area contributed by atoms with E-state index < -0.39 is 5.92 Å². The van der Waals surface area contributed by atoms with E-state index in [1.54, 1.807) is 29.6 Å². The van der Waals surface area contributed by atoms with Crippen molar-refractivity contribution in [2.45, 2.75) is 19.4 Å². The minimum absolute atomic E-state index is 0.0872. The highest BCUT2D eigenvalue weighted by atomic mass is 16.5. The minimum Gasteiger partial charge on any atom is -0.422 e. The van der Waals surface area contributed by atoms with Gasteiger partial charge in [0.15, 0.2) is 0 Å². The second-order valence-electron chi connectivity index (χ2n) is 7.00. The van der Waals surface area contributed by atoms with Gasteiger partial charge in [-0.05, 0) is 24.6 Å². The molecular weight excluding hydrogens is 392 g/mol. The summed E-state index contributed by atoms with van der Waals surface area (Å²) >= 11 is 0. The lowest BCUT2D eigenvalue weighted by Crippen LogP contribution is -2.22. The maximum absolute atomic E-state index is 9.92. The monoisotopic (exact) mass is 410 g/mol. The summed E-state index contributed by atoms with van der Waals surface area (Å²) in [6.45, 7) is 2.55. The molecule has 4 heterocycles. The molecule has 0 spiro atoms. The SMILES string of the molecule is CCn1nc(-c2cncnc2)c2c1OC(N)=C(C#N)C2c1ccc(-n2ccnc2)cc1. The highest BCUT2D eigenvalue weighted by Crippen LogP contribution is 2.46. The topological polar surface area (TPSA) is 120 Å². The molecule has 0 fully saturated rings. The smallest absolute Gasteiger partial charge is 0.224 e. The highest BCUT2D eigenvalue weighted by molar-refractivity contribution is 5.70. The van der Waals surface area contributed by atoms with Gasteiger partial charge in [0, 0.05) is 42.6 Å². The third-order valence-electron chi connectivity index (χ3n) is 5.27. The lowest BCUT2D eigenvalue weighted by Gasteiger charge is -2.25. The minimum atomic E-state index is -0.430. The van der Waals surface area contributed by atoms with Crippen LogP contribution in [-0.2, 0) is 6.54 Å². The zero-order chi connectivity index (χ0) is 21.4. The lowest BCUT2D eigenvalue weighted by atomic mass is 9.83. The predicted octanol–water partition coefficient (Wildman–Crippen LogP) is 2.76. The largest absolute Gasteiger partial charge is 0.422 e. The van der Waals surface area contributed by atoms with Gasteiger partial charge < -0.3 is 15.0 Å². The number of allylic oxidation sites excluding steroid dienone is 1. The van der Waals surface area contributed by atoms with Crippen molar-refractivity contribution in [3.8, 4) is 28.9 Å². The number of nitrogens with two attached hydrogens (primary N) is 1. The number of hydrogen-bond donors (Lipinski definition) is 1. The lowest BCUT2D eigenvalue weighted by molar-refractivity contribution is 0.350. The fourth-order valence-electron chi connectivity index (χ4n) is 3.83. The maximum atomic E-state index is 9.92. The van der Waals surface area contributed by atoms with E-state index >= 15 is 0 Å². The Bertz CT molecular complexity index is 1300. The van der Waals surface area contributed by atoms with Gasteiger partial charge in [-0.1, -0.05) is 12.1 Å². The second-order valence-corrected chi connectivity index (χ2v) is 7.00. The predicted molar refractivity (Wildman–Crippen MR) is 112 cm³/mol. The number of fused-ring (bicyclic) bond motifs is 1. The van der Waals surface area contributed by atoms with Crippen molar-refractivity contribution in [3.05, 3.63) is 84.3 Å². The summed E-state index contributed by atoms with van der Waals surface area (Å²) in [7, 11) is 0. The summed E-state index contributed by atoms with van der Waals surface area (Å²) in [5.41, 5.74) is 10.6. The zero-order valence-corrected chi connectivity index (χ0v) is 16.7. The first kappa shape index (κ1) is 18.6. The fraction of sp³-hybridized carbons (Fsp3) is 0.136. The molecule has 152 valence electrons. The Kier molecular flexibility index (Phi) is 4.45.